The molecule has 33 heavy (non-hydrogen) atoms. The molecule has 1 aliphatic heterocycles. The summed E-state index contributed by atoms with van der Waals surface area (Å²) in [6, 6.07) is 19.2. The number of hydrogen-bond donors (Lipinski definition) is 2. The molecule has 0 unspecified atom stereocenters. The quantitative estimate of drug-likeness (QED) is 0.313. The van der Waals surface area contributed by atoms with Crippen LogP contribution in [0.15, 0.2) is 66.0 Å². The van der Waals surface area contributed by atoms with Gasteiger partial charge in [0.25, 0.3) is 0 Å². The molecule has 0 saturated carbocycles. The number of nitrogens with zero attached hydrogens (tertiary/aromatic N) is 1. The average molecular weight is 482 g/mol. The van der Waals surface area contributed by atoms with Crippen molar-refractivity contribution in [3.8, 4) is 39.5 Å². The Morgan fingerprint density at radius 3 is 2.30 bits per heavy atom. The summed E-state index contributed by atoms with van der Waals surface area (Å²) >= 11 is 1.63. The van der Waals surface area contributed by atoms with Gasteiger partial charge in [0.2, 0.25) is 0 Å². The maximum absolute atomic E-state index is 10.5. The smallest absolute Gasteiger partial charge is 0.123 e. The van der Waals surface area contributed by atoms with Gasteiger partial charge in [-0.3, -0.25) is 4.90 Å². The number of aromatic hydroxyl groups is 2. The van der Waals surface area contributed by atoms with Crippen LogP contribution < -0.4 is 4.74 Å². The Kier molecular flexibility index (Phi) is 7.43. The largest absolute Gasteiger partial charge is 0.508 e. The molecule has 4 nitrogen and oxygen atoms in total. The van der Waals surface area contributed by atoms with Crippen LogP contribution in [0.2, 0.25) is 0 Å². The molecule has 2 heterocycles. The number of piperidine rings is 1. The van der Waals surface area contributed by atoms with Crippen molar-refractivity contribution in [2.45, 2.75) is 19.3 Å². The number of halogens is 1. The molecule has 0 radical (unpaired) electrons. The molecule has 2 N–H and O–H groups in total. The van der Waals surface area contributed by atoms with Gasteiger partial charge in [0.05, 0.1) is 0 Å². The minimum atomic E-state index is 0. The zero-order valence-corrected chi connectivity index (χ0v) is 20.0. The monoisotopic (exact) mass is 481 g/mol. The van der Waals surface area contributed by atoms with Crippen LogP contribution in [0.3, 0.4) is 0 Å². The summed E-state index contributed by atoms with van der Waals surface area (Å²) in [6.07, 6.45) is 3.90. The topological polar surface area (TPSA) is 52.9 Å². The molecule has 0 aliphatic carbocycles. The van der Waals surface area contributed by atoms with E-state index in [-0.39, 0.29) is 23.9 Å². The minimum absolute atomic E-state index is 0. The maximum atomic E-state index is 10.5. The molecule has 3 aromatic carbocycles. The van der Waals surface area contributed by atoms with Crippen molar-refractivity contribution in [1.82, 2.24) is 4.90 Å². The van der Waals surface area contributed by atoms with E-state index in [1.54, 1.807) is 29.5 Å². The van der Waals surface area contributed by atoms with Crippen molar-refractivity contribution in [3.63, 3.8) is 0 Å². The van der Waals surface area contributed by atoms with Crippen LogP contribution in [-0.2, 0) is 0 Å². The number of rotatable bonds is 6. The second kappa shape index (κ2) is 10.5. The molecule has 172 valence electrons. The van der Waals surface area contributed by atoms with E-state index in [4.69, 9.17) is 4.74 Å². The van der Waals surface area contributed by atoms with E-state index in [0.29, 0.717) is 6.61 Å². The van der Waals surface area contributed by atoms with Crippen LogP contribution in [0.1, 0.15) is 19.3 Å². The highest BCUT2D eigenvalue weighted by Crippen LogP contribution is 2.38. The first kappa shape index (κ1) is 23.4. The zero-order chi connectivity index (χ0) is 21.9. The molecule has 4 aromatic rings. The second-order valence-electron chi connectivity index (χ2n) is 8.34. The number of hydrogen-bond acceptors (Lipinski definition) is 5. The lowest BCUT2D eigenvalue weighted by Crippen LogP contribution is -2.33. The third kappa shape index (κ3) is 5.27. The summed E-state index contributed by atoms with van der Waals surface area (Å²) in [6.45, 7) is 3.93. The van der Waals surface area contributed by atoms with E-state index in [9.17, 15) is 10.2 Å². The molecule has 6 heteroatoms. The van der Waals surface area contributed by atoms with E-state index < -0.39 is 0 Å². The van der Waals surface area contributed by atoms with Crippen molar-refractivity contribution < 1.29 is 14.9 Å². The molecule has 1 fully saturated rings. The fourth-order valence-corrected chi connectivity index (χ4v) is 5.38. The Morgan fingerprint density at radius 1 is 0.818 bits per heavy atom. The molecule has 1 aliphatic rings. The number of fused-ring (bicyclic) bond motifs is 1. The van der Waals surface area contributed by atoms with E-state index in [1.807, 2.05) is 30.3 Å². The Morgan fingerprint density at radius 2 is 1.55 bits per heavy atom. The Balaban J connectivity index is 0.00000259. The average Bonchev–Trinajstić information content (AvgIpc) is 3.24. The zero-order valence-electron chi connectivity index (χ0n) is 18.4. The molecule has 0 atom stereocenters. The van der Waals surface area contributed by atoms with Gasteiger partial charge >= 0.3 is 0 Å². The minimum Gasteiger partial charge on any atom is -0.508 e. The number of phenols is 2. The standard InChI is InChI=1S/C27H27NO3S.ClH/c29-21-8-10-23-25(18-32-27(23)16-21)20-6-4-19(5-7-20)24-17-22(9-11-26(24)30)31-15-14-28-12-2-1-3-13-28;/h4-11,16-18,29-30H,1-3,12-15H2;1H. The van der Waals surface area contributed by atoms with Gasteiger partial charge in [0.1, 0.15) is 23.9 Å². The van der Waals surface area contributed by atoms with Gasteiger partial charge in [-0.05, 0) is 78.8 Å². The first-order chi connectivity index (χ1) is 15.7. The van der Waals surface area contributed by atoms with Crippen molar-refractivity contribution in [2.75, 3.05) is 26.2 Å². The highest BCUT2D eigenvalue weighted by atomic mass is 35.5. The predicted octanol–water partition coefficient (Wildman–Crippen LogP) is 6.93. The second-order valence-corrected chi connectivity index (χ2v) is 9.25. The first-order valence-electron chi connectivity index (χ1n) is 11.2. The van der Waals surface area contributed by atoms with Crippen molar-refractivity contribution in [2.24, 2.45) is 0 Å². The Labute approximate surface area is 204 Å². The molecule has 5 rings (SSSR count). The summed E-state index contributed by atoms with van der Waals surface area (Å²) < 4.78 is 7.06. The summed E-state index contributed by atoms with van der Waals surface area (Å²) in [4.78, 5) is 2.46. The van der Waals surface area contributed by atoms with Crippen molar-refractivity contribution in [1.29, 1.82) is 0 Å². The van der Waals surface area contributed by atoms with E-state index in [2.05, 4.69) is 22.4 Å². The van der Waals surface area contributed by atoms with Crippen LogP contribution in [0.5, 0.6) is 17.2 Å². The van der Waals surface area contributed by atoms with E-state index >= 15 is 0 Å². The normalized spacial score (nSPS) is 14.2. The summed E-state index contributed by atoms with van der Waals surface area (Å²) in [5.74, 6) is 1.31. The fourth-order valence-electron chi connectivity index (χ4n) is 4.38. The molecular formula is C27H28ClNO3S. The first-order valence-corrected chi connectivity index (χ1v) is 12.0. The van der Waals surface area contributed by atoms with E-state index in [0.717, 1.165) is 57.7 Å². The number of likely N-dealkylation sites (tertiary alicyclic amines) is 1. The molecule has 0 amide bonds. The van der Waals surface area contributed by atoms with Gasteiger partial charge in [-0.1, -0.05) is 30.7 Å². The molecule has 1 saturated heterocycles. The number of phenolic OH excluding ortho intramolecular Hbond substituents is 2. The van der Waals surface area contributed by atoms with Gasteiger partial charge in [0, 0.05) is 27.8 Å². The van der Waals surface area contributed by atoms with Crippen molar-refractivity contribution in [3.05, 3.63) is 66.0 Å². The summed E-state index contributed by atoms with van der Waals surface area (Å²) in [5.41, 5.74) is 3.98. The summed E-state index contributed by atoms with van der Waals surface area (Å²) in [5, 5.41) is 23.4. The lowest BCUT2D eigenvalue weighted by atomic mass is 9.99. The number of thiophene rings is 1. The van der Waals surface area contributed by atoms with Gasteiger partial charge < -0.3 is 14.9 Å². The molecule has 1 aromatic heterocycles. The van der Waals surface area contributed by atoms with Crippen LogP contribution in [0, 0.1) is 0 Å². The lowest BCUT2D eigenvalue weighted by molar-refractivity contribution is 0.183. The molecule has 0 spiro atoms. The third-order valence-electron chi connectivity index (χ3n) is 6.16. The summed E-state index contributed by atoms with van der Waals surface area (Å²) in [7, 11) is 0. The van der Waals surface area contributed by atoms with Gasteiger partial charge in [-0.25, -0.2) is 0 Å². The lowest BCUT2D eigenvalue weighted by Gasteiger charge is -2.26. The fraction of sp³-hybridized carbons (Fsp3) is 0.259. The number of ether oxygens (including phenoxy) is 1. The van der Waals surface area contributed by atoms with Crippen LogP contribution in [0.4, 0.5) is 0 Å². The molecular weight excluding hydrogens is 454 g/mol. The van der Waals surface area contributed by atoms with Crippen LogP contribution in [0.25, 0.3) is 32.3 Å². The van der Waals surface area contributed by atoms with Crippen LogP contribution >= 0.6 is 23.7 Å². The van der Waals surface area contributed by atoms with Gasteiger partial charge in [-0.15, -0.1) is 23.7 Å². The Bertz CT molecular complexity index is 1220. The van der Waals surface area contributed by atoms with Gasteiger partial charge in [0.15, 0.2) is 0 Å². The van der Waals surface area contributed by atoms with Crippen molar-refractivity contribution >= 4 is 33.8 Å². The highest BCUT2D eigenvalue weighted by molar-refractivity contribution is 7.17. The molecule has 0 bridgehead atoms. The van der Waals surface area contributed by atoms with Gasteiger partial charge in [-0.2, -0.15) is 0 Å². The predicted molar refractivity (Wildman–Crippen MR) is 139 cm³/mol. The highest BCUT2D eigenvalue weighted by Gasteiger charge is 2.12. The van der Waals surface area contributed by atoms with Crippen LogP contribution in [-0.4, -0.2) is 41.4 Å². The third-order valence-corrected chi connectivity index (χ3v) is 7.10. The Hall–Kier alpha value is -2.73. The van der Waals surface area contributed by atoms with E-state index in [1.165, 1.54) is 19.3 Å². The SMILES string of the molecule is Cl.Oc1ccc2c(-c3ccc(-c4cc(OCCN5CCCCC5)ccc4O)cc3)csc2c1. The number of benzene rings is 3. The maximum Gasteiger partial charge on any atom is 0.123 e.